The normalized spacial score (nSPS) is 16.6. The van der Waals surface area contributed by atoms with Crippen LogP contribution in [0.15, 0.2) is 18.3 Å². The standard InChI is InChI=1S/C13H17N3/c1-12-11-13(4-5-15-12)3-2-8-16-9-6-14-7-10-16/h4-5,11,14H,6-10H2,1H3. The first-order chi connectivity index (χ1) is 7.84. The number of aromatic nitrogens is 1. The average molecular weight is 215 g/mol. The van der Waals surface area contributed by atoms with E-state index in [1.807, 2.05) is 25.3 Å². The Balaban J connectivity index is 1.89. The van der Waals surface area contributed by atoms with Gasteiger partial charge in [-0.3, -0.25) is 9.88 Å². The van der Waals surface area contributed by atoms with E-state index in [4.69, 9.17) is 0 Å². The Kier molecular flexibility index (Phi) is 3.92. The molecule has 1 saturated heterocycles. The first-order valence-electron chi connectivity index (χ1n) is 5.69. The highest BCUT2D eigenvalue weighted by atomic mass is 15.2. The molecular formula is C13H17N3. The molecule has 3 nitrogen and oxygen atoms in total. The van der Waals surface area contributed by atoms with Gasteiger partial charge in [-0.05, 0) is 19.1 Å². The molecule has 2 heterocycles. The third kappa shape index (κ3) is 3.34. The fourth-order valence-electron chi connectivity index (χ4n) is 1.75. The van der Waals surface area contributed by atoms with Gasteiger partial charge in [0.15, 0.2) is 0 Å². The second-order valence-corrected chi connectivity index (χ2v) is 4.01. The predicted molar refractivity (Wildman–Crippen MR) is 65.2 cm³/mol. The number of pyridine rings is 1. The maximum atomic E-state index is 4.15. The van der Waals surface area contributed by atoms with Gasteiger partial charge in [0.25, 0.3) is 0 Å². The van der Waals surface area contributed by atoms with E-state index in [1.165, 1.54) is 0 Å². The zero-order valence-electron chi connectivity index (χ0n) is 9.66. The van der Waals surface area contributed by atoms with E-state index in [2.05, 4.69) is 27.0 Å². The van der Waals surface area contributed by atoms with E-state index in [-0.39, 0.29) is 0 Å². The Morgan fingerprint density at radius 2 is 2.25 bits per heavy atom. The van der Waals surface area contributed by atoms with Gasteiger partial charge >= 0.3 is 0 Å². The molecule has 1 aromatic heterocycles. The minimum absolute atomic E-state index is 0.864. The van der Waals surface area contributed by atoms with Gasteiger partial charge in [0.1, 0.15) is 0 Å². The van der Waals surface area contributed by atoms with Crippen molar-refractivity contribution in [2.24, 2.45) is 0 Å². The van der Waals surface area contributed by atoms with Crippen molar-refractivity contribution in [2.45, 2.75) is 6.92 Å². The van der Waals surface area contributed by atoms with E-state index in [9.17, 15) is 0 Å². The Hall–Kier alpha value is -1.37. The maximum absolute atomic E-state index is 4.15. The fourth-order valence-corrected chi connectivity index (χ4v) is 1.75. The van der Waals surface area contributed by atoms with Crippen molar-refractivity contribution in [3.63, 3.8) is 0 Å². The molecule has 1 aliphatic rings. The highest BCUT2D eigenvalue weighted by Crippen LogP contribution is 1.98. The summed E-state index contributed by atoms with van der Waals surface area (Å²) in [5.41, 5.74) is 2.08. The first kappa shape index (κ1) is 11.1. The van der Waals surface area contributed by atoms with Crippen LogP contribution in [0.3, 0.4) is 0 Å². The highest BCUT2D eigenvalue weighted by Gasteiger charge is 2.06. The van der Waals surface area contributed by atoms with E-state index in [0.29, 0.717) is 0 Å². The van der Waals surface area contributed by atoms with E-state index < -0.39 is 0 Å². The van der Waals surface area contributed by atoms with Gasteiger partial charge in [0.05, 0.1) is 6.54 Å². The molecule has 0 bridgehead atoms. The number of nitrogens with zero attached hydrogens (tertiary/aromatic N) is 2. The number of piperazine rings is 1. The van der Waals surface area contributed by atoms with Crippen molar-refractivity contribution in [2.75, 3.05) is 32.7 Å². The largest absolute Gasteiger partial charge is 0.314 e. The van der Waals surface area contributed by atoms with E-state index in [0.717, 1.165) is 44.0 Å². The van der Waals surface area contributed by atoms with E-state index in [1.54, 1.807) is 0 Å². The number of aryl methyl sites for hydroxylation is 1. The highest BCUT2D eigenvalue weighted by molar-refractivity contribution is 5.34. The smallest absolute Gasteiger partial charge is 0.0606 e. The third-order valence-corrected chi connectivity index (χ3v) is 2.64. The van der Waals surface area contributed by atoms with Gasteiger partial charge in [0, 0.05) is 43.6 Å². The lowest BCUT2D eigenvalue weighted by atomic mass is 10.2. The molecule has 0 unspecified atom stereocenters. The van der Waals surface area contributed by atoms with Gasteiger partial charge in [0.2, 0.25) is 0 Å². The summed E-state index contributed by atoms with van der Waals surface area (Å²) in [6.07, 6.45) is 1.81. The number of hydrogen-bond acceptors (Lipinski definition) is 3. The van der Waals surface area contributed by atoms with Gasteiger partial charge in [-0.15, -0.1) is 0 Å². The minimum Gasteiger partial charge on any atom is -0.314 e. The van der Waals surface area contributed by atoms with Crippen molar-refractivity contribution in [3.05, 3.63) is 29.6 Å². The Labute approximate surface area is 96.9 Å². The van der Waals surface area contributed by atoms with Crippen LogP contribution < -0.4 is 5.32 Å². The van der Waals surface area contributed by atoms with Crippen LogP contribution >= 0.6 is 0 Å². The summed E-state index contributed by atoms with van der Waals surface area (Å²) in [6, 6.07) is 3.97. The van der Waals surface area contributed by atoms with Crippen molar-refractivity contribution in [1.82, 2.24) is 15.2 Å². The minimum atomic E-state index is 0.864. The summed E-state index contributed by atoms with van der Waals surface area (Å²) in [5.74, 6) is 6.40. The topological polar surface area (TPSA) is 28.2 Å². The molecule has 0 aromatic carbocycles. The number of nitrogens with one attached hydrogen (secondary N) is 1. The molecule has 0 atom stereocenters. The van der Waals surface area contributed by atoms with Crippen LogP contribution in [0.25, 0.3) is 0 Å². The van der Waals surface area contributed by atoms with Crippen molar-refractivity contribution in [3.8, 4) is 11.8 Å². The zero-order valence-corrected chi connectivity index (χ0v) is 9.66. The molecule has 1 fully saturated rings. The summed E-state index contributed by atoms with van der Waals surface area (Å²) in [5, 5.41) is 3.33. The molecule has 0 saturated carbocycles. The third-order valence-electron chi connectivity index (χ3n) is 2.64. The summed E-state index contributed by atoms with van der Waals surface area (Å²) in [7, 11) is 0. The van der Waals surface area contributed by atoms with Crippen LogP contribution in [0.4, 0.5) is 0 Å². The molecule has 1 N–H and O–H groups in total. The van der Waals surface area contributed by atoms with Crippen molar-refractivity contribution >= 4 is 0 Å². The fraction of sp³-hybridized carbons (Fsp3) is 0.462. The number of rotatable bonds is 1. The molecule has 0 amide bonds. The summed E-state index contributed by atoms with van der Waals surface area (Å²) in [4.78, 5) is 6.52. The quantitative estimate of drug-likeness (QED) is 0.697. The lowest BCUT2D eigenvalue weighted by molar-refractivity contribution is 0.268. The van der Waals surface area contributed by atoms with Crippen LogP contribution in [0.2, 0.25) is 0 Å². The molecule has 2 rings (SSSR count). The molecule has 3 heteroatoms. The summed E-state index contributed by atoms with van der Waals surface area (Å²) >= 11 is 0. The lowest BCUT2D eigenvalue weighted by Crippen LogP contribution is -2.43. The summed E-state index contributed by atoms with van der Waals surface area (Å²) < 4.78 is 0. The molecule has 0 spiro atoms. The molecule has 1 aromatic rings. The van der Waals surface area contributed by atoms with Gasteiger partial charge in [-0.25, -0.2) is 0 Å². The zero-order chi connectivity index (χ0) is 11.2. The molecule has 84 valence electrons. The molecular weight excluding hydrogens is 198 g/mol. The second-order valence-electron chi connectivity index (χ2n) is 4.01. The molecule has 1 aliphatic heterocycles. The average Bonchev–Trinajstić information content (AvgIpc) is 2.30. The molecule has 0 radical (unpaired) electrons. The Bertz CT molecular complexity index is 397. The summed E-state index contributed by atoms with van der Waals surface area (Å²) in [6.45, 7) is 7.21. The first-order valence-corrected chi connectivity index (χ1v) is 5.69. The van der Waals surface area contributed by atoms with E-state index >= 15 is 0 Å². The van der Waals surface area contributed by atoms with Gasteiger partial charge < -0.3 is 5.32 Å². The van der Waals surface area contributed by atoms with Crippen molar-refractivity contribution < 1.29 is 0 Å². The Morgan fingerprint density at radius 1 is 1.44 bits per heavy atom. The van der Waals surface area contributed by atoms with Crippen LogP contribution in [-0.4, -0.2) is 42.6 Å². The van der Waals surface area contributed by atoms with Crippen LogP contribution in [0.5, 0.6) is 0 Å². The van der Waals surface area contributed by atoms with Gasteiger partial charge in [-0.2, -0.15) is 0 Å². The number of hydrogen-bond donors (Lipinski definition) is 1. The lowest BCUT2D eigenvalue weighted by Gasteiger charge is -2.24. The van der Waals surface area contributed by atoms with Crippen LogP contribution in [0.1, 0.15) is 11.3 Å². The monoisotopic (exact) mass is 215 g/mol. The molecule has 0 aliphatic carbocycles. The van der Waals surface area contributed by atoms with Crippen molar-refractivity contribution in [1.29, 1.82) is 0 Å². The second kappa shape index (κ2) is 5.64. The van der Waals surface area contributed by atoms with Crippen LogP contribution in [-0.2, 0) is 0 Å². The SMILES string of the molecule is Cc1cc(C#CCN2CCNCC2)ccn1. The van der Waals surface area contributed by atoms with Crippen LogP contribution in [0, 0.1) is 18.8 Å². The Morgan fingerprint density at radius 3 is 3.00 bits per heavy atom. The van der Waals surface area contributed by atoms with Gasteiger partial charge in [-0.1, -0.05) is 11.8 Å². The molecule has 16 heavy (non-hydrogen) atoms. The maximum Gasteiger partial charge on any atom is 0.0606 e. The predicted octanol–water partition coefficient (Wildman–Crippen LogP) is 0.647.